The largest absolute Gasteiger partial charge is 0.458 e. The van der Waals surface area contributed by atoms with Gasteiger partial charge in [0.2, 0.25) is 0 Å². The van der Waals surface area contributed by atoms with Gasteiger partial charge in [-0.3, -0.25) is 0 Å². The molecule has 0 aliphatic carbocycles. The third-order valence-corrected chi connectivity index (χ3v) is 5.79. The van der Waals surface area contributed by atoms with E-state index in [2.05, 4.69) is 4.90 Å². The molecule has 0 rings (SSSR count). The van der Waals surface area contributed by atoms with Crippen LogP contribution in [-0.4, -0.2) is 209 Å². The summed E-state index contributed by atoms with van der Waals surface area (Å²) in [5, 5.41) is 0. The minimum absolute atomic E-state index is 0.0842. The van der Waals surface area contributed by atoms with E-state index in [0.29, 0.717) is 165 Å². The van der Waals surface area contributed by atoms with Gasteiger partial charge in [-0.1, -0.05) is 0 Å². The molecule has 0 unspecified atom stereocenters. The van der Waals surface area contributed by atoms with E-state index in [1.807, 2.05) is 34.9 Å². The van der Waals surface area contributed by atoms with Crippen molar-refractivity contribution in [3.8, 4) is 0 Å². The Labute approximate surface area is 300 Å². The molecule has 0 aliphatic rings. The fourth-order valence-corrected chi connectivity index (χ4v) is 3.41. The number of carbonyl (C=O) groups excluding carboxylic acids is 1. The first kappa shape index (κ1) is 48.9. The van der Waals surface area contributed by atoms with Crippen LogP contribution in [0.3, 0.4) is 0 Å². The average Bonchev–Trinajstić information content (AvgIpc) is 3.06. The van der Waals surface area contributed by atoms with E-state index in [1.54, 1.807) is 0 Å². The lowest BCUT2D eigenvalue weighted by Crippen LogP contribution is -2.27. The summed E-state index contributed by atoms with van der Waals surface area (Å²) in [6.45, 7) is 18.8. The van der Waals surface area contributed by atoms with Gasteiger partial charge in [-0.05, 0) is 34.9 Å². The van der Waals surface area contributed by atoms with Gasteiger partial charge in [0, 0.05) is 6.54 Å². The Balaban J connectivity index is 3.09. The van der Waals surface area contributed by atoms with Crippen molar-refractivity contribution in [2.24, 2.45) is 0 Å². The fourth-order valence-electron chi connectivity index (χ4n) is 3.41. The van der Waals surface area contributed by atoms with Gasteiger partial charge < -0.3 is 71.2 Å². The van der Waals surface area contributed by atoms with Crippen molar-refractivity contribution < 1.29 is 71.1 Å². The van der Waals surface area contributed by atoms with Crippen molar-refractivity contribution in [3.63, 3.8) is 0 Å². The molecule has 0 saturated heterocycles. The molecule has 0 heterocycles. The number of esters is 1. The summed E-state index contributed by atoms with van der Waals surface area (Å²) in [6.07, 6.45) is 0. The maximum Gasteiger partial charge on any atom is 0.332 e. The number of nitrogens with zero attached hydrogens (tertiary/aromatic N) is 1. The molecule has 0 aromatic heterocycles. The Kier molecular flexibility index (Phi) is 38.3. The fraction of sp³-hybridized carbons (Fsp3) is 0.971. The van der Waals surface area contributed by atoms with Gasteiger partial charge in [-0.25, -0.2) is 4.79 Å². The van der Waals surface area contributed by atoms with Crippen LogP contribution in [0.2, 0.25) is 0 Å². The van der Waals surface area contributed by atoms with Crippen molar-refractivity contribution in [3.05, 3.63) is 0 Å². The molecule has 16 heteroatoms. The van der Waals surface area contributed by atoms with Crippen LogP contribution in [0, 0.1) is 0 Å². The maximum atomic E-state index is 11.5. The predicted molar refractivity (Wildman–Crippen MR) is 185 cm³/mol. The van der Waals surface area contributed by atoms with Crippen LogP contribution in [0.1, 0.15) is 20.8 Å². The summed E-state index contributed by atoms with van der Waals surface area (Å²) in [4.78, 5) is 13.6. The van der Waals surface area contributed by atoms with E-state index in [-0.39, 0.29) is 12.6 Å². The second kappa shape index (κ2) is 39.1. The van der Waals surface area contributed by atoms with E-state index in [9.17, 15) is 4.79 Å². The van der Waals surface area contributed by atoms with Gasteiger partial charge in [0.25, 0.3) is 0 Å². The molecule has 0 aromatic carbocycles. The minimum Gasteiger partial charge on any atom is -0.458 e. The number of hydrogen-bond donors (Lipinski definition) is 0. The highest BCUT2D eigenvalue weighted by Gasteiger charge is 2.15. The Bertz CT molecular complexity index is 686. The molecule has 16 nitrogen and oxygen atoms in total. The van der Waals surface area contributed by atoms with Crippen molar-refractivity contribution >= 4 is 5.97 Å². The van der Waals surface area contributed by atoms with Gasteiger partial charge in [-0.2, -0.15) is 0 Å². The summed E-state index contributed by atoms with van der Waals surface area (Å²) < 4.78 is 75.9. The molecule has 0 spiro atoms. The predicted octanol–water partition coefficient (Wildman–Crippen LogP) is 1.11. The molecule has 0 atom stereocenters. The summed E-state index contributed by atoms with van der Waals surface area (Å²) in [5.74, 6) is -0.387. The van der Waals surface area contributed by atoms with Crippen LogP contribution in [0.15, 0.2) is 0 Å². The molecular formula is C34H69NO15. The molecule has 0 radical (unpaired) electrons. The monoisotopic (exact) mass is 731 g/mol. The first-order chi connectivity index (χ1) is 24.3. The summed E-state index contributed by atoms with van der Waals surface area (Å²) in [6, 6.07) is 0. The van der Waals surface area contributed by atoms with Crippen LogP contribution in [0.4, 0.5) is 0 Å². The Hall–Kier alpha value is -1.09. The smallest absolute Gasteiger partial charge is 0.332 e. The molecule has 50 heavy (non-hydrogen) atoms. The van der Waals surface area contributed by atoms with Crippen molar-refractivity contribution in [2.45, 2.75) is 26.4 Å². The SMILES string of the molecule is CN(C)CCOCCOCCOCCOCCOCCOCCOCCOCCOCCOCCOCCOCCOCC(=O)OC(C)(C)C. The first-order valence-corrected chi connectivity index (χ1v) is 17.7. The first-order valence-electron chi connectivity index (χ1n) is 17.7. The van der Waals surface area contributed by atoms with Crippen LogP contribution >= 0.6 is 0 Å². The number of likely N-dealkylation sites (N-methyl/N-ethyl adjacent to an activating group) is 1. The highest BCUT2D eigenvalue weighted by molar-refractivity contribution is 5.71. The lowest BCUT2D eigenvalue weighted by molar-refractivity contribution is -0.160. The lowest BCUT2D eigenvalue weighted by Gasteiger charge is -2.19. The summed E-state index contributed by atoms with van der Waals surface area (Å²) >= 11 is 0. The number of hydrogen-bond acceptors (Lipinski definition) is 16. The average molecular weight is 732 g/mol. The third kappa shape index (κ3) is 44.9. The standard InChI is InChI=1S/C34H69NO15/c1-34(2,3)50-33(36)32-49-31-30-48-29-28-47-27-26-46-25-24-45-23-22-44-21-20-43-19-18-42-17-16-41-15-14-40-13-12-39-11-10-38-9-8-37-7-6-35(4)5/h6-32H2,1-5H3. The number of rotatable bonds is 41. The van der Waals surface area contributed by atoms with E-state index >= 15 is 0 Å². The van der Waals surface area contributed by atoms with Crippen molar-refractivity contribution in [2.75, 3.05) is 192 Å². The summed E-state index contributed by atoms with van der Waals surface area (Å²) in [7, 11) is 4.04. The normalized spacial score (nSPS) is 12.0. The van der Waals surface area contributed by atoms with Crippen molar-refractivity contribution in [1.82, 2.24) is 4.90 Å². The molecule has 0 fully saturated rings. The zero-order valence-electron chi connectivity index (χ0n) is 31.7. The molecular weight excluding hydrogens is 662 g/mol. The molecule has 300 valence electrons. The van der Waals surface area contributed by atoms with Crippen LogP contribution in [0.5, 0.6) is 0 Å². The van der Waals surface area contributed by atoms with E-state index < -0.39 is 5.60 Å². The lowest BCUT2D eigenvalue weighted by atomic mass is 10.2. The topological polar surface area (TPSA) is 150 Å². The van der Waals surface area contributed by atoms with Crippen LogP contribution < -0.4 is 0 Å². The molecule has 0 aromatic rings. The molecule has 0 saturated carbocycles. The highest BCUT2D eigenvalue weighted by atomic mass is 16.6. The van der Waals surface area contributed by atoms with Crippen LogP contribution in [0.25, 0.3) is 0 Å². The number of ether oxygens (including phenoxy) is 14. The highest BCUT2D eigenvalue weighted by Crippen LogP contribution is 2.06. The molecule has 0 amide bonds. The zero-order chi connectivity index (χ0) is 36.6. The van der Waals surface area contributed by atoms with Gasteiger partial charge >= 0.3 is 5.97 Å². The Morgan fingerprint density at radius 2 is 0.560 bits per heavy atom. The molecule has 0 aliphatic heterocycles. The van der Waals surface area contributed by atoms with Gasteiger partial charge in [0.15, 0.2) is 0 Å². The zero-order valence-corrected chi connectivity index (χ0v) is 31.7. The Morgan fingerprint density at radius 3 is 0.760 bits per heavy atom. The van der Waals surface area contributed by atoms with E-state index in [4.69, 9.17) is 66.3 Å². The van der Waals surface area contributed by atoms with Gasteiger partial charge in [0.05, 0.1) is 165 Å². The second-order valence-corrected chi connectivity index (χ2v) is 11.8. The third-order valence-electron chi connectivity index (χ3n) is 5.79. The van der Waals surface area contributed by atoms with Gasteiger partial charge in [-0.15, -0.1) is 0 Å². The minimum atomic E-state index is -0.512. The van der Waals surface area contributed by atoms with Crippen LogP contribution in [-0.2, 0) is 71.1 Å². The van der Waals surface area contributed by atoms with E-state index in [1.165, 1.54) is 0 Å². The quantitative estimate of drug-likeness (QED) is 0.0652. The van der Waals surface area contributed by atoms with E-state index in [0.717, 1.165) is 6.54 Å². The number of carbonyl (C=O) groups is 1. The Morgan fingerprint density at radius 1 is 0.360 bits per heavy atom. The molecule has 0 N–H and O–H groups in total. The second-order valence-electron chi connectivity index (χ2n) is 11.8. The van der Waals surface area contributed by atoms with Crippen molar-refractivity contribution in [1.29, 1.82) is 0 Å². The summed E-state index contributed by atoms with van der Waals surface area (Å²) in [5.41, 5.74) is -0.512. The maximum absolute atomic E-state index is 11.5. The molecule has 0 bridgehead atoms. The van der Waals surface area contributed by atoms with Gasteiger partial charge in [0.1, 0.15) is 12.2 Å².